The number of benzene rings is 1. The number of aliphatic imine (C=N–C) groups is 1. The van der Waals surface area contributed by atoms with E-state index in [0.717, 1.165) is 0 Å². The number of nitrogens with one attached hydrogen (secondary N) is 8. The Morgan fingerprint density at radius 2 is 1.35 bits per heavy atom. The van der Waals surface area contributed by atoms with Gasteiger partial charge in [0, 0.05) is 30.0 Å². The van der Waals surface area contributed by atoms with E-state index in [1.165, 1.54) is 30.5 Å². The van der Waals surface area contributed by atoms with Gasteiger partial charge in [-0.05, 0) is 49.9 Å². The number of carbonyl (C=O) groups excluding carboxylic acids is 6. The average Bonchev–Trinajstić information content (AvgIpc) is 4.06. The summed E-state index contributed by atoms with van der Waals surface area (Å²) in [6.07, 6.45) is -3.27. The highest BCUT2D eigenvalue weighted by Crippen LogP contribution is 2.44. The van der Waals surface area contributed by atoms with Crippen LogP contribution in [0.5, 0.6) is 0 Å². The molecule has 1 aliphatic carbocycles. The molecule has 1 fully saturated rings. The summed E-state index contributed by atoms with van der Waals surface area (Å²) in [7, 11) is 0. The molecule has 7 atom stereocenters. The standard InChI is InChI=1S/C41H51N15O17S/c42-39(43)45-9-1-2-20(31(63)50-22(10-26(58)59)32(64)51-23(11-27(60)61)33(65)52-24(15-74)37(71)72)53-38(73)41(12-19(41)35(67)68)56-25(57)8-7-21(36(69)70)49-30(62)16-3-5-17(6-4-16)46-13-18-14-47-29-28(48-18)34(66)55-40(44)54-29/h3-6,14,19-24,46,74H,1-2,7-13,15H2,(H,49,62)(H,50,63)(H,51,64)(H,52,65)(H,53,73)(H,56,57)(H,58,59)(H,60,61)(H,67,68)(H,69,70)(H,71,72)(H4,42,43,45)(H3,44,47,54,55,66)/t19-,20-,21-,22-,23-,24-,41?/m0/s1. The SMILES string of the molecule is NC(N)=NCCC[C@H](NC(=O)C1(NC(=O)CC[C@H](NC(=O)c2ccc(NCc3cnc4nc(N)[nH]c(=O)c4n3)cc2)C(=O)O)C[C@H]1C(=O)O)C(=O)N[C@@H](CC(=O)O)C(=O)N[C@@H](CC(=O)O)C(=O)N[C@@H](CS)C(=O)O. The predicted molar refractivity (Wildman–Crippen MR) is 255 cm³/mol. The normalized spacial score (nSPS) is 16.5. The van der Waals surface area contributed by atoms with E-state index >= 15 is 0 Å². The molecule has 4 rings (SSSR count). The van der Waals surface area contributed by atoms with Crippen molar-refractivity contribution >= 4 is 107 Å². The topological polar surface area (TPSA) is 535 Å². The number of nitrogens with zero attached hydrogens (tertiary/aromatic N) is 4. The van der Waals surface area contributed by atoms with Gasteiger partial charge in [-0.2, -0.15) is 17.6 Å². The molecule has 2 aromatic heterocycles. The lowest BCUT2D eigenvalue weighted by Gasteiger charge is -2.26. The molecular weight excluding hydrogens is 1010 g/mol. The Labute approximate surface area is 420 Å². The predicted octanol–water partition coefficient (Wildman–Crippen LogP) is -5.21. The van der Waals surface area contributed by atoms with E-state index in [1.807, 2.05) is 10.6 Å². The van der Waals surface area contributed by atoms with Gasteiger partial charge in [-0.3, -0.25) is 57.9 Å². The van der Waals surface area contributed by atoms with Gasteiger partial charge in [0.2, 0.25) is 35.5 Å². The summed E-state index contributed by atoms with van der Waals surface area (Å²) < 4.78 is 0. The van der Waals surface area contributed by atoms with Crippen LogP contribution in [0, 0.1) is 5.92 Å². The zero-order valence-corrected chi connectivity index (χ0v) is 39.4. The molecule has 0 saturated heterocycles. The third kappa shape index (κ3) is 16.5. The lowest BCUT2D eigenvalue weighted by Crippen LogP contribution is -2.60. The number of nitrogens with two attached hydrogens (primary N) is 3. The van der Waals surface area contributed by atoms with Gasteiger partial charge in [-0.15, -0.1) is 0 Å². The number of guanidine groups is 1. The molecule has 74 heavy (non-hydrogen) atoms. The zero-order chi connectivity index (χ0) is 55.0. The first-order valence-electron chi connectivity index (χ1n) is 21.8. The monoisotopic (exact) mass is 1060 g/mol. The number of hydrogen-bond donors (Lipinski definition) is 17. The second-order valence-corrected chi connectivity index (χ2v) is 16.7. The van der Waals surface area contributed by atoms with Gasteiger partial charge < -0.3 is 80.0 Å². The minimum absolute atomic E-state index is 0.00187. The van der Waals surface area contributed by atoms with Crippen molar-refractivity contribution in [1.82, 2.24) is 51.8 Å². The molecule has 6 amide bonds. The number of anilines is 2. The Bertz CT molecular complexity index is 2770. The minimum atomic E-state index is -2.25. The highest BCUT2D eigenvalue weighted by molar-refractivity contribution is 7.80. The van der Waals surface area contributed by atoms with Crippen LogP contribution in [0.2, 0.25) is 0 Å². The van der Waals surface area contributed by atoms with Crippen LogP contribution in [0.15, 0.2) is 40.2 Å². The van der Waals surface area contributed by atoms with E-state index < -0.39 is 150 Å². The Morgan fingerprint density at radius 1 is 0.770 bits per heavy atom. The van der Waals surface area contributed by atoms with Crippen molar-refractivity contribution in [2.45, 2.75) is 87.2 Å². The van der Waals surface area contributed by atoms with Crippen LogP contribution in [0.25, 0.3) is 11.2 Å². The highest BCUT2D eigenvalue weighted by Gasteiger charge is 2.65. The summed E-state index contributed by atoms with van der Waals surface area (Å²) in [6, 6.07) is -3.53. The molecule has 0 radical (unpaired) electrons. The number of aliphatic carboxylic acids is 5. The molecular formula is C41H51N15O17S. The third-order valence-electron chi connectivity index (χ3n) is 10.8. The molecule has 33 heteroatoms. The highest BCUT2D eigenvalue weighted by atomic mass is 32.1. The molecule has 1 saturated carbocycles. The molecule has 398 valence electrons. The third-order valence-corrected chi connectivity index (χ3v) is 11.1. The lowest BCUT2D eigenvalue weighted by atomic mass is 10.1. The Morgan fingerprint density at radius 3 is 1.88 bits per heavy atom. The first-order valence-corrected chi connectivity index (χ1v) is 22.4. The number of H-pyrrole nitrogens is 1. The number of hydrogen-bond acceptors (Lipinski definition) is 19. The van der Waals surface area contributed by atoms with Gasteiger partial charge >= 0.3 is 29.8 Å². The van der Waals surface area contributed by atoms with Gasteiger partial charge in [-0.1, -0.05) is 0 Å². The smallest absolute Gasteiger partial charge is 0.327 e. The van der Waals surface area contributed by atoms with Crippen molar-refractivity contribution in [2.75, 3.05) is 23.3 Å². The van der Waals surface area contributed by atoms with E-state index in [-0.39, 0.29) is 54.6 Å². The Balaban J connectivity index is 1.44. The molecule has 3 aromatic rings. The quantitative estimate of drug-likeness (QED) is 0.0134. The van der Waals surface area contributed by atoms with Crippen molar-refractivity contribution in [2.24, 2.45) is 22.4 Å². The van der Waals surface area contributed by atoms with Crippen molar-refractivity contribution in [1.29, 1.82) is 0 Å². The van der Waals surface area contributed by atoms with Crippen LogP contribution in [-0.4, -0.2) is 165 Å². The fraction of sp³-hybridized carbons (Fsp3) is 0.415. The van der Waals surface area contributed by atoms with Crippen LogP contribution >= 0.6 is 12.6 Å². The molecule has 1 aliphatic rings. The maximum absolute atomic E-state index is 13.9. The number of aromatic nitrogens is 4. The maximum atomic E-state index is 13.9. The number of thiol groups is 1. The number of rotatable bonds is 29. The molecule has 1 aromatic carbocycles. The fourth-order valence-corrected chi connectivity index (χ4v) is 7.16. The summed E-state index contributed by atoms with van der Waals surface area (Å²) in [5.41, 5.74) is 14.3. The molecule has 0 aliphatic heterocycles. The van der Waals surface area contributed by atoms with Gasteiger partial charge in [0.15, 0.2) is 17.1 Å². The number of carbonyl (C=O) groups is 11. The van der Waals surface area contributed by atoms with Crippen molar-refractivity contribution in [3.8, 4) is 0 Å². The van der Waals surface area contributed by atoms with Crippen molar-refractivity contribution in [3.63, 3.8) is 0 Å². The Hall–Kier alpha value is -9.17. The summed E-state index contributed by atoms with van der Waals surface area (Å²) >= 11 is 3.79. The number of aromatic amines is 1. The van der Waals surface area contributed by atoms with Crippen LogP contribution in [-0.2, 0) is 54.5 Å². The largest absolute Gasteiger partial charge is 0.481 e. The van der Waals surface area contributed by atoms with E-state index in [0.29, 0.717) is 11.4 Å². The van der Waals surface area contributed by atoms with E-state index in [4.69, 9.17) is 17.2 Å². The van der Waals surface area contributed by atoms with Gasteiger partial charge in [-0.25, -0.2) is 19.6 Å². The number of carboxylic acids is 5. The lowest BCUT2D eigenvalue weighted by molar-refractivity contribution is -0.145. The molecule has 0 spiro atoms. The number of amides is 6. The fourth-order valence-electron chi connectivity index (χ4n) is 6.91. The second kappa shape index (κ2) is 25.8. The van der Waals surface area contributed by atoms with E-state index in [1.54, 1.807) is 0 Å². The molecule has 0 bridgehead atoms. The molecule has 2 heterocycles. The van der Waals surface area contributed by atoms with Crippen LogP contribution < -0.4 is 60.0 Å². The maximum Gasteiger partial charge on any atom is 0.327 e. The summed E-state index contributed by atoms with van der Waals surface area (Å²) in [6.45, 7) is -0.0756. The van der Waals surface area contributed by atoms with Crippen LogP contribution in [0.3, 0.4) is 0 Å². The zero-order valence-electron chi connectivity index (χ0n) is 38.5. The van der Waals surface area contributed by atoms with Crippen LogP contribution in [0.1, 0.15) is 61.0 Å². The number of fused-ring (bicyclic) bond motifs is 1. The summed E-state index contributed by atoms with van der Waals surface area (Å²) in [5, 5.41) is 63.8. The van der Waals surface area contributed by atoms with Crippen molar-refractivity contribution in [3.05, 3.63) is 52.1 Å². The minimum Gasteiger partial charge on any atom is -0.481 e. The van der Waals surface area contributed by atoms with Gasteiger partial charge in [0.05, 0.1) is 37.2 Å². The van der Waals surface area contributed by atoms with E-state index in [2.05, 4.69) is 64.1 Å². The summed E-state index contributed by atoms with van der Waals surface area (Å²) in [4.78, 5) is 170. The van der Waals surface area contributed by atoms with Crippen molar-refractivity contribution < 1.29 is 78.3 Å². The molecule has 19 N–H and O–H groups in total. The van der Waals surface area contributed by atoms with Gasteiger partial charge in [0.1, 0.15) is 35.7 Å². The number of nitrogen functional groups attached to an aromatic ring is 1. The number of carboxylic acid groups (broad SMARTS) is 5. The van der Waals surface area contributed by atoms with E-state index in [9.17, 15) is 83.1 Å². The second-order valence-electron chi connectivity index (χ2n) is 16.3. The molecule has 1 unspecified atom stereocenters. The Kier molecular flexibility index (Phi) is 20.0. The van der Waals surface area contributed by atoms with Crippen LogP contribution in [0.4, 0.5) is 11.6 Å². The summed E-state index contributed by atoms with van der Waals surface area (Å²) in [5.74, 6) is -17.9. The average molecular weight is 1060 g/mol. The van der Waals surface area contributed by atoms with Gasteiger partial charge in [0.25, 0.3) is 11.5 Å². The molecule has 32 nitrogen and oxygen atoms in total. The first-order chi connectivity index (χ1) is 34.8. The first kappa shape index (κ1) is 57.4.